The first-order valence-corrected chi connectivity index (χ1v) is 10.9. The molecule has 0 radical (unpaired) electrons. The summed E-state index contributed by atoms with van der Waals surface area (Å²) in [6, 6.07) is 11.6. The van der Waals surface area contributed by atoms with Crippen LogP contribution in [0.25, 0.3) is 22.4 Å². The van der Waals surface area contributed by atoms with Crippen molar-refractivity contribution in [3.8, 4) is 22.9 Å². The van der Waals surface area contributed by atoms with Crippen LogP contribution < -0.4 is 20.6 Å². The topological polar surface area (TPSA) is 104 Å². The van der Waals surface area contributed by atoms with Gasteiger partial charge in [0.1, 0.15) is 17.3 Å². The van der Waals surface area contributed by atoms with E-state index in [1.54, 1.807) is 14.2 Å². The minimum absolute atomic E-state index is 0.382. The first-order chi connectivity index (χ1) is 15.5. The molecule has 3 N–H and O–H groups in total. The summed E-state index contributed by atoms with van der Waals surface area (Å²) < 4.78 is 13.4. The number of fused-ring (bicyclic) bond motifs is 1. The van der Waals surface area contributed by atoms with Gasteiger partial charge in [-0.15, -0.1) is 0 Å². The van der Waals surface area contributed by atoms with Gasteiger partial charge in [0.05, 0.1) is 36.5 Å². The van der Waals surface area contributed by atoms with E-state index in [9.17, 15) is 4.79 Å². The maximum Gasteiger partial charge on any atom is 0.332 e. The Morgan fingerprint density at radius 1 is 1.12 bits per heavy atom. The van der Waals surface area contributed by atoms with Crippen molar-refractivity contribution in [3.63, 3.8) is 0 Å². The van der Waals surface area contributed by atoms with Crippen molar-refractivity contribution in [1.29, 1.82) is 0 Å². The molecule has 0 unspecified atom stereocenters. The standard InChI is InChI=1S/C24H29N5O3/c1-15(27-28-24(25)30)16-9-12-21-20(13-16)26-23(29(21)17-7-5-4-6-8-17)19-11-10-18(31-2)14-22(19)32-3/h9-14,17H,4-8H2,1-3H3,(H3,25,28,30)/b27-15-. The van der Waals surface area contributed by atoms with Crippen molar-refractivity contribution in [2.75, 3.05) is 14.2 Å². The van der Waals surface area contributed by atoms with Gasteiger partial charge in [0, 0.05) is 12.1 Å². The third-order valence-corrected chi connectivity index (χ3v) is 6.03. The SMILES string of the molecule is COc1ccc(-c2nc3cc(/C(C)=N\NC(N)=O)ccc3n2C2CCCCC2)c(OC)c1. The van der Waals surface area contributed by atoms with E-state index in [0.29, 0.717) is 11.8 Å². The molecular formula is C24H29N5O3. The maximum atomic E-state index is 11.0. The van der Waals surface area contributed by atoms with Crippen molar-refractivity contribution in [2.45, 2.75) is 45.1 Å². The monoisotopic (exact) mass is 435 g/mol. The van der Waals surface area contributed by atoms with Gasteiger partial charge in [-0.3, -0.25) is 0 Å². The van der Waals surface area contributed by atoms with Gasteiger partial charge >= 0.3 is 6.03 Å². The summed E-state index contributed by atoms with van der Waals surface area (Å²) in [5.74, 6) is 2.34. The van der Waals surface area contributed by atoms with Crippen LogP contribution in [-0.2, 0) is 0 Å². The van der Waals surface area contributed by atoms with E-state index >= 15 is 0 Å². The number of imidazole rings is 1. The molecule has 0 spiro atoms. The van der Waals surface area contributed by atoms with Gasteiger partial charge in [0.2, 0.25) is 0 Å². The van der Waals surface area contributed by atoms with E-state index in [1.165, 1.54) is 19.3 Å². The zero-order chi connectivity index (χ0) is 22.7. The van der Waals surface area contributed by atoms with Gasteiger partial charge in [-0.2, -0.15) is 5.10 Å². The number of hydrazone groups is 1. The number of nitrogens with two attached hydrogens (primary N) is 1. The zero-order valence-corrected chi connectivity index (χ0v) is 18.7. The van der Waals surface area contributed by atoms with E-state index in [1.807, 2.05) is 37.3 Å². The van der Waals surface area contributed by atoms with Crippen LogP contribution in [0.4, 0.5) is 4.79 Å². The molecule has 1 aliphatic carbocycles. The van der Waals surface area contributed by atoms with Crippen LogP contribution in [0.1, 0.15) is 50.6 Å². The Labute approximate surface area is 187 Å². The number of carbonyl (C=O) groups is 1. The van der Waals surface area contributed by atoms with Gasteiger partial charge in [0.15, 0.2) is 0 Å². The van der Waals surface area contributed by atoms with Crippen LogP contribution in [0.2, 0.25) is 0 Å². The lowest BCUT2D eigenvalue weighted by Gasteiger charge is -2.26. The molecule has 1 heterocycles. The minimum Gasteiger partial charge on any atom is -0.497 e. The Balaban J connectivity index is 1.87. The van der Waals surface area contributed by atoms with E-state index < -0.39 is 6.03 Å². The molecule has 1 fully saturated rings. The second-order valence-electron chi connectivity index (χ2n) is 8.04. The fraction of sp³-hybridized carbons (Fsp3) is 0.375. The fourth-order valence-corrected chi connectivity index (χ4v) is 4.41. The summed E-state index contributed by atoms with van der Waals surface area (Å²) in [6.07, 6.45) is 5.96. The molecule has 2 amide bonds. The molecule has 8 heteroatoms. The normalized spacial score (nSPS) is 15.0. The Hall–Kier alpha value is -3.55. The molecule has 3 aromatic rings. The number of primary amides is 1. The summed E-state index contributed by atoms with van der Waals surface area (Å²) in [5.41, 5.74) is 11.8. The summed E-state index contributed by atoms with van der Waals surface area (Å²) >= 11 is 0. The second kappa shape index (κ2) is 9.30. The predicted molar refractivity (Wildman–Crippen MR) is 125 cm³/mol. The molecule has 0 atom stereocenters. The predicted octanol–water partition coefficient (Wildman–Crippen LogP) is 4.62. The molecule has 0 saturated heterocycles. The van der Waals surface area contributed by atoms with Gasteiger partial charge in [-0.25, -0.2) is 15.2 Å². The molecule has 4 rings (SSSR count). The van der Waals surface area contributed by atoms with Crippen molar-refractivity contribution in [2.24, 2.45) is 10.8 Å². The van der Waals surface area contributed by atoms with Crippen LogP contribution in [0.15, 0.2) is 41.5 Å². The number of hydrogen-bond donors (Lipinski definition) is 2. The molecule has 1 saturated carbocycles. The lowest BCUT2D eigenvalue weighted by atomic mass is 9.94. The molecule has 0 aliphatic heterocycles. The van der Waals surface area contributed by atoms with Crippen molar-refractivity contribution >= 4 is 22.8 Å². The van der Waals surface area contributed by atoms with E-state index in [-0.39, 0.29) is 0 Å². The van der Waals surface area contributed by atoms with Crippen molar-refractivity contribution < 1.29 is 14.3 Å². The number of nitrogens with zero attached hydrogens (tertiary/aromatic N) is 3. The second-order valence-corrected chi connectivity index (χ2v) is 8.04. The van der Waals surface area contributed by atoms with Crippen LogP contribution in [0, 0.1) is 0 Å². The third kappa shape index (κ3) is 4.26. The molecule has 168 valence electrons. The first kappa shape index (κ1) is 21.7. The van der Waals surface area contributed by atoms with Gasteiger partial charge in [0.25, 0.3) is 0 Å². The fourth-order valence-electron chi connectivity index (χ4n) is 4.41. The summed E-state index contributed by atoms with van der Waals surface area (Å²) in [5, 5.41) is 4.05. The number of hydrogen-bond acceptors (Lipinski definition) is 5. The number of urea groups is 1. The summed E-state index contributed by atoms with van der Waals surface area (Å²) in [6.45, 7) is 1.82. The zero-order valence-electron chi connectivity index (χ0n) is 18.7. The summed E-state index contributed by atoms with van der Waals surface area (Å²) in [4.78, 5) is 16.0. The van der Waals surface area contributed by atoms with Crippen molar-refractivity contribution in [3.05, 3.63) is 42.0 Å². The van der Waals surface area contributed by atoms with Crippen LogP contribution in [0.3, 0.4) is 0 Å². The molecular weight excluding hydrogens is 406 g/mol. The van der Waals surface area contributed by atoms with E-state index in [0.717, 1.165) is 52.3 Å². The van der Waals surface area contributed by atoms with Gasteiger partial charge in [-0.1, -0.05) is 25.3 Å². The van der Waals surface area contributed by atoms with Crippen molar-refractivity contribution in [1.82, 2.24) is 15.0 Å². The van der Waals surface area contributed by atoms with E-state index in [2.05, 4.69) is 21.2 Å². The van der Waals surface area contributed by atoms with Gasteiger partial charge in [-0.05, 0) is 49.6 Å². The molecule has 8 nitrogen and oxygen atoms in total. The first-order valence-electron chi connectivity index (χ1n) is 10.9. The number of aromatic nitrogens is 2. The molecule has 2 aromatic carbocycles. The Morgan fingerprint density at radius 3 is 2.59 bits per heavy atom. The molecule has 0 bridgehead atoms. The van der Waals surface area contributed by atoms with E-state index in [4.69, 9.17) is 20.2 Å². The van der Waals surface area contributed by atoms with Gasteiger partial charge < -0.3 is 19.8 Å². The Morgan fingerprint density at radius 2 is 1.91 bits per heavy atom. The average Bonchev–Trinajstić information content (AvgIpc) is 3.21. The Bertz CT molecular complexity index is 1160. The minimum atomic E-state index is -0.694. The third-order valence-electron chi connectivity index (χ3n) is 6.03. The number of carbonyl (C=O) groups excluding carboxylic acids is 1. The number of rotatable bonds is 6. The number of amides is 2. The van der Waals surface area contributed by atoms with Crippen LogP contribution >= 0.6 is 0 Å². The maximum absolute atomic E-state index is 11.0. The summed E-state index contributed by atoms with van der Waals surface area (Å²) in [7, 11) is 3.31. The molecule has 32 heavy (non-hydrogen) atoms. The smallest absolute Gasteiger partial charge is 0.332 e. The highest BCUT2D eigenvalue weighted by atomic mass is 16.5. The van der Waals surface area contributed by atoms with Crippen LogP contribution in [0.5, 0.6) is 11.5 Å². The largest absolute Gasteiger partial charge is 0.497 e. The lowest BCUT2D eigenvalue weighted by Crippen LogP contribution is -2.25. The number of methoxy groups -OCH3 is 2. The number of nitrogens with one attached hydrogen (secondary N) is 1. The quantitative estimate of drug-likeness (QED) is 0.435. The number of benzene rings is 2. The highest BCUT2D eigenvalue weighted by Gasteiger charge is 2.24. The Kier molecular flexibility index (Phi) is 6.30. The highest BCUT2D eigenvalue weighted by molar-refractivity contribution is 6.01. The lowest BCUT2D eigenvalue weighted by molar-refractivity contribution is 0.249. The molecule has 1 aliphatic rings. The number of ether oxygens (including phenoxy) is 2. The molecule has 1 aromatic heterocycles. The van der Waals surface area contributed by atoms with Crippen LogP contribution in [-0.4, -0.2) is 35.5 Å². The highest BCUT2D eigenvalue weighted by Crippen LogP contribution is 2.40. The average molecular weight is 436 g/mol.